The van der Waals surface area contributed by atoms with Crippen molar-refractivity contribution in [2.75, 3.05) is 30.8 Å². The maximum atomic E-state index is 12.0. The number of rotatable bonds is 3. The molecule has 96 valence electrons. The van der Waals surface area contributed by atoms with E-state index in [0.29, 0.717) is 23.7 Å². The van der Waals surface area contributed by atoms with E-state index in [1.165, 1.54) is 0 Å². The Hall–Kier alpha value is -2.08. The standard InChI is InChI=1S/C12H15N3O3/c1-14-5-4-11(16)15-9-6-8(13)2-3-10(9)18-7-12(15)17/h2-3,6,14H,4-5,7,13H2,1H3. The fourth-order valence-corrected chi connectivity index (χ4v) is 1.79. The third-order valence-corrected chi connectivity index (χ3v) is 2.66. The molecule has 1 aliphatic rings. The maximum Gasteiger partial charge on any atom is 0.271 e. The first-order valence-corrected chi connectivity index (χ1v) is 5.66. The van der Waals surface area contributed by atoms with Crippen molar-refractivity contribution in [2.45, 2.75) is 6.42 Å². The Morgan fingerprint density at radius 1 is 1.56 bits per heavy atom. The smallest absolute Gasteiger partial charge is 0.271 e. The average Bonchev–Trinajstić information content (AvgIpc) is 2.35. The first-order valence-electron chi connectivity index (χ1n) is 5.66. The summed E-state index contributed by atoms with van der Waals surface area (Å²) in [6.07, 6.45) is 0.247. The van der Waals surface area contributed by atoms with Crippen LogP contribution < -0.4 is 20.7 Å². The minimum absolute atomic E-state index is 0.123. The second kappa shape index (κ2) is 5.05. The summed E-state index contributed by atoms with van der Waals surface area (Å²) < 4.78 is 5.26. The number of carbonyl (C=O) groups excluding carboxylic acids is 2. The number of fused-ring (bicyclic) bond motifs is 1. The summed E-state index contributed by atoms with van der Waals surface area (Å²) in [5, 5.41) is 2.87. The molecule has 0 saturated heterocycles. The Morgan fingerprint density at radius 2 is 2.33 bits per heavy atom. The predicted octanol–water partition coefficient (Wildman–Crippen LogP) is 0.130. The highest BCUT2D eigenvalue weighted by Gasteiger charge is 2.30. The molecule has 0 aromatic heterocycles. The Bertz CT molecular complexity index is 487. The molecule has 6 nitrogen and oxygen atoms in total. The number of nitrogens with two attached hydrogens (primary N) is 1. The van der Waals surface area contributed by atoms with Crippen LogP contribution in [0.15, 0.2) is 18.2 Å². The van der Waals surface area contributed by atoms with Crippen molar-refractivity contribution in [1.29, 1.82) is 0 Å². The van der Waals surface area contributed by atoms with Gasteiger partial charge in [-0.05, 0) is 25.2 Å². The summed E-state index contributed by atoms with van der Waals surface area (Å²) in [6.45, 7) is 0.392. The van der Waals surface area contributed by atoms with E-state index in [0.717, 1.165) is 4.90 Å². The van der Waals surface area contributed by atoms with Gasteiger partial charge < -0.3 is 15.8 Å². The molecule has 1 aromatic rings. The van der Waals surface area contributed by atoms with Gasteiger partial charge in [0.2, 0.25) is 5.91 Å². The number of amides is 2. The number of hydrogen-bond donors (Lipinski definition) is 2. The van der Waals surface area contributed by atoms with Crippen molar-refractivity contribution in [2.24, 2.45) is 0 Å². The van der Waals surface area contributed by atoms with E-state index in [1.807, 2.05) is 0 Å². The van der Waals surface area contributed by atoms with Gasteiger partial charge in [-0.25, -0.2) is 4.90 Å². The molecular weight excluding hydrogens is 234 g/mol. The van der Waals surface area contributed by atoms with Crippen LogP contribution in [0, 0.1) is 0 Å². The van der Waals surface area contributed by atoms with E-state index in [9.17, 15) is 9.59 Å². The van der Waals surface area contributed by atoms with Crippen LogP contribution in [-0.2, 0) is 9.59 Å². The molecule has 3 N–H and O–H groups in total. The number of nitrogens with zero attached hydrogens (tertiary/aromatic N) is 1. The van der Waals surface area contributed by atoms with Crippen LogP contribution in [0.25, 0.3) is 0 Å². The molecule has 0 fully saturated rings. The number of nitrogens with one attached hydrogen (secondary N) is 1. The maximum absolute atomic E-state index is 12.0. The van der Waals surface area contributed by atoms with Crippen molar-refractivity contribution in [1.82, 2.24) is 5.32 Å². The second-order valence-electron chi connectivity index (χ2n) is 3.99. The number of ether oxygens (including phenoxy) is 1. The van der Waals surface area contributed by atoms with Crippen molar-refractivity contribution < 1.29 is 14.3 Å². The molecule has 0 atom stereocenters. The van der Waals surface area contributed by atoms with E-state index in [4.69, 9.17) is 10.5 Å². The quantitative estimate of drug-likeness (QED) is 0.744. The van der Waals surface area contributed by atoms with Gasteiger partial charge in [-0.2, -0.15) is 0 Å². The molecule has 0 saturated carbocycles. The Morgan fingerprint density at radius 3 is 3.06 bits per heavy atom. The second-order valence-corrected chi connectivity index (χ2v) is 3.99. The Labute approximate surface area is 105 Å². The first kappa shape index (κ1) is 12.4. The molecule has 6 heteroatoms. The molecule has 0 unspecified atom stereocenters. The third kappa shape index (κ3) is 2.28. The van der Waals surface area contributed by atoms with Crippen molar-refractivity contribution in [3.8, 4) is 5.75 Å². The highest BCUT2D eigenvalue weighted by molar-refractivity contribution is 6.17. The first-order chi connectivity index (χ1) is 8.63. The highest BCUT2D eigenvalue weighted by atomic mass is 16.5. The van der Waals surface area contributed by atoms with Crippen LogP contribution in [0.1, 0.15) is 6.42 Å². The molecule has 2 amide bonds. The molecule has 0 spiro atoms. The van der Waals surface area contributed by atoms with E-state index in [-0.39, 0.29) is 24.8 Å². The normalized spacial score (nSPS) is 14.1. The van der Waals surface area contributed by atoms with Crippen molar-refractivity contribution >= 4 is 23.2 Å². The zero-order valence-corrected chi connectivity index (χ0v) is 10.1. The molecule has 18 heavy (non-hydrogen) atoms. The molecule has 0 radical (unpaired) electrons. The summed E-state index contributed by atoms with van der Waals surface area (Å²) >= 11 is 0. The zero-order valence-electron chi connectivity index (χ0n) is 10.1. The van der Waals surface area contributed by atoms with Gasteiger partial charge in [0.1, 0.15) is 5.75 Å². The van der Waals surface area contributed by atoms with E-state index in [1.54, 1.807) is 25.2 Å². The van der Waals surface area contributed by atoms with Crippen LogP contribution in [0.2, 0.25) is 0 Å². The SMILES string of the molecule is CNCCC(=O)N1C(=O)COc2ccc(N)cc21. The van der Waals surface area contributed by atoms with Gasteiger partial charge in [-0.15, -0.1) is 0 Å². The monoisotopic (exact) mass is 249 g/mol. The van der Waals surface area contributed by atoms with Crippen molar-refractivity contribution in [3.63, 3.8) is 0 Å². The number of nitrogen functional groups attached to an aromatic ring is 1. The summed E-state index contributed by atoms with van der Waals surface area (Å²) in [5.41, 5.74) is 6.58. The van der Waals surface area contributed by atoms with Crippen LogP contribution in [0.5, 0.6) is 5.75 Å². The lowest BCUT2D eigenvalue weighted by Crippen LogP contribution is -2.43. The van der Waals surface area contributed by atoms with Crippen LogP contribution in [0.4, 0.5) is 11.4 Å². The van der Waals surface area contributed by atoms with Gasteiger partial charge in [0.15, 0.2) is 6.61 Å². The van der Waals surface area contributed by atoms with Crippen LogP contribution in [-0.4, -0.2) is 32.0 Å². The largest absolute Gasteiger partial charge is 0.482 e. The molecule has 1 aromatic carbocycles. The van der Waals surface area contributed by atoms with Crippen LogP contribution in [0.3, 0.4) is 0 Å². The minimum Gasteiger partial charge on any atom is -0.482 e. The number of imide groups is 1. The molecule has 1 aliphatic heterocycles. The van der Waals surface area contributed by atoms with Gasteiger partial charge in [-0.3, -0.25) is 9.59 Å². The van der Waals surface area contributed by atoms with E-state index < -0.39 is 0 Å². The number of anilines is 2. The van der Waals surface area contributed by atoms with Crippen molar-refractivity contribution in [3.05, 3.63) is 18.2 Å². The fourth-order valence-electron chi connectivity index (χ4n) is 1.79. The van der Waals surface area contributed by atoms with Gasteiger partial charge in [0.05, 0.1) is 5.69 Å². The van der Waals surface area contributed by atoms with Gasteiger partial charge in [-0.1, -0.05) is 0 Å². The predicted molar refractivity (Wildman–Crippen MR) is 67.4 cm³/mol. The van der Waals surface area contributed by atoms with Gasteiger partial charge in [0, 0.05) is 18.7 Å². The molecular formula is C12H15N3O3. The summed E-state index contributed by atoms with van der Waals surface area (Å²) in [4.78, 5) is 24.9. The average molecular weight is 249 g/mol. The number of hydrogen-bond acceptors (Lipinski definition) is 5. The topological polar surface area (TPSA) is 84.7 Å². The summed E-state index contributed by atoms with van der Waals surface area (Å²) in [5.74, 6) is -0.125. The molecule has 0 bridgehead atoms. The molecule has 0 aliphatic carbocycles. The number of carbonyl (C=O) groups is 2. The third-order valence-electron chi connectivity index (χ3n) is 2.66. The zero-order chi connectivity index (χ0) is 13.1. The van der Waals surface area contributed by atoms with E-state index in [2.05, 4.69) is 5.32 Å². The lowest BCUT2D eigenvalue weighted by Gasteiger charge is -2.28. The highest BCUT2D eigenvalue weighted by Crippen LogP contribution is 2.34. The molecule has 2 rings (SSSR count). The van der Waals surface area contributed by atoms with E-state index >= 15 is 0 Å². The van der Waals surface area contributed by atoms with Crippen LogP contribution >= 0.6 is 0 Å². The lowest BCUT2D eigenvalue weighted by molar-refractivity contribution is -0.128. The summed E-state index contributed by atoms with van der Waals surface area (Å²) in [6, 6.07) is 4.91. The Kier molecular flexibility index (Phi) is 3.47. The van der Waals surface area contributed by atoms with Gasteiger partial charge in [0.25, 0.3) is 5.91 Å². The fraction of sp³-hybridized carbons (Fsp3) is 0.333. The molecule has 1 heterocycles. The summed E-state index contributed by atoms with van der Waals surface area (Å²) in [7, 11) is 1.75. The minimum atomic E-state index is -0.366. The Balaban J connectivity index is 2.32. The van der Waals surface area contributed by atoms with Gasteiger partial charge >= 0.3 is 0 Å². The lowest BCUT2D eigenvalue weighted by atomic mass is 10.2. The number of benzene rings is 1.